The fourth-order valence-corrected chi connectivity index (χ4v) is 0.227. The van der Waals surface area contributed by atoms with Gasteiger partial charge in [-0.25, -0.2) is 0 Å². The van der Waals surface area contributed by atoms with Gasteiger partial charge in [-0.2, -0.15) is 0 Å². The Balaban J connectivity index is 3.05. The van der Waals surface area contributed by atoms with Crippen molar-refractivity contribution in [2.75, 3.05) is 0 Å². The summed E-state index contributed by atoms with van der Waals surface area (Å²) in [5.74, 6) is -0.0944. The Labute approximate surface area is 48.7 Å². The number of rotatable bonds is 2. The van der Waals surface area contributed by atoms with Crippen molar-refractivity contribution in [3.8, 4) is 0 Å². The summed E-state index contributed by atoms with van der Waals surface area (Å²) in [5, 5.41) is 0. The van der Waals surface area contributed by atoms with E-state index in [9.17, 15) is 4.79 Å². The Kier molecular flexibility index (Phi) is 3.66. The van der Waals surface area contributed by atoms with Gasteiger partial charge in [-0.05, 0) is 6.92 Å². The molecule has 46 valence electrons. The lowest BCUT2D eigenvalue weighted by molar-refractivity contribution is -0.119. The number of allylic oxidation sites excluding steroid dienone is 1. The number of nitrogens with one attached hydrogen (secondary N) is 2. The van der Waals surface area contributed by atoms with E-state index in [-0.39, 0.29) is 5.91 Å². The molecule has 8 heavy (non-hydrogen) atoms. The number of hydrazine groups is 1. The van der Waals surface area contributed by atoms with Crippen molar-refractivity contribution in [2.24, 2.45) is 0 Å². The Morgan fingerprint density at radius 2 is 2.25 bits per heavy atom. The van der Waals surface area contributed by atoms with Crippen molar-refractivity contribution in [2.45, 2.75) is 13.8 Å². The maximum Gasteiger partial charge on any atom is 0.235 e. The minimum absolute atomic E-state index is 0.0944. The van der Waals surface area contributed by atoms with E-state index in [0.717, 1.165) is 0 Å². The van der Waals surface area contributed by atoms with Crippen LogP contribution in [0.3, 0.4) is 0 Å². The molecule has 0 rings (SSSR count). The number of hydrogen-bond donors (Lipinski definition) is 2. The summed E-state index contributed by atoms with van der Waals surface area (Å²) in [5.41, 5.74) is 4.93. The van der Waals surface area contributed by atoms with Gasteiger partial charge in [0.05, 0.1) is 0 Å². The highest BCUT2D eigenvalue weighted by Crippen LogP contribution is 1.58. The van der Waals surface area contributed by atoms with E-state index in [1.807, 2.05) is 6.92 Å². The smallest absolute Gasteiger partial charge is 0.235 e. The summed E-state index contributed by atoms with van der Waals surface area (Å²) in [6.45, 7) is 3.30. The van der Waals surface area contributed by atoms with Gasteiger partial charge < -0.3 is 5.43 Å². The van der Waals surface area contributed by atoms with E-state index < -0.39 is 0 Å². The van der Waals surface area contributed by atoms with E-state index in [1.165, 1.54) is 6.92 Å². The quantitative estimate of drug-likeness (QED) is 0.502. The van der Waals surface area contributed by atoms with Crippen LogP contribution >= 0.6 is 0 Å². The maximum absolute atomic E-state index is 10.1. The lowest BCUT2D eigenvalue weighted by Crippen LogP contribution is -2.30. The molecule has 0 aromatic heterocycles. The molecule has 0 saturated carbocycles. The van der Waals surface area contributed by atoms with Crippen molar-refractivity contribution < 1.29 is 4.79 Å². The van der Waals surface area contributed by atoms with Gasteiger partial charge in [-0.15, -0.1) is 0 Å². The molecule has 0 aliphatic heterocycles. The molecule has 0 unspecified atom stereocenters. The van der Waals surface area contributed by atoms with Gasteiger partial charge in [0.2, 0.25) is 5.91 Å². The minimum atomic E-state index is -0.0944. The molecule has 0 aromatic rings. The van der Waals surface area contributed by atoms with Gasteiger partial charge in [0.15, 0.2) is 0 Å². The zero-order chi connectivity index (χ0) is 6.41. The van der Waals surface area contributed by atoms with Crippen LogP contribution in [0.15, 0.2) is 12.3 Å². The average molecular weight is 114 g/mol. The fraction of sp³-hybridized carbons (Fsp3) is 0.400. The summed E-state index contributed by atoms with van der Waals surface area (Å²) >= 11 is 0. The van der Waals surface area contributed by atoms with Gasteiger partial charge in [0.25, 0.3) is 0 Å². The second-order valence-corrected chi connectivity index (χ2v) is 1.33. The van der Waals surface area contributed by atoms with Crippen LogP contribution in [0.5, 0.6) is 0 Å². The summed E-state index contributed by atoms with van der Waals surface area (Å²) in [6, 6.07) is 0. The molecule has 0 aromatic carbocycles. The highest BCUT2D eigenvalue weighted by Gasteiger charge is 1.79. The molecular formula is C5H10N2O. The van der Waals surface area contributed by atoms with Crippen LogP contribution < -0.4 is 10.9 Å². The van der Waals surface area contributed by atoms with Crippen molar-refractivity contribution in [3.63, 3.8) is 0 Å². The molecule has 0 spiro atoms. The Hall–Kier alpha value is -0.990. The van der Waals surface area contributed by atoms with E-state index >= 15 is 0 Å². The second kappa shape index (κ2) is 4.18. The molecule has 0 atom stereocenters. The number of amides is 1. The van der Waals surface area contributed by atoms with Gasteiger partial charge in [0.1, 0.15) is 0 Å². The molecule has 0 fully saturated rings. The predicted molar refractivity (Wildman–Crippen MR) is 31.8 cm³/mol. The van der Waals surface area contributed by atoms with Crippen LogP contribution in [-0.4, -0.2) is 5.91 Å². The van der Waals surface area contributed by atoms with E-state index in [1.54, 1.807) is 12.3 Å². The van der Waals surface area contributed by atoms with Gasteiger partial charge in [0, 0.05) is 13.1 Å². The predicted octanol–water partition coefficient (Wildman–Crippen LogP) is 0.161. The van der Waals surface area contributed by atoms with Gasteiger partial charge in [-0.1, -0.05) is 6.08 Å². The molecule has 3 heteroatoms. The highest BCUT2D eigenvalue weighted by atomic mass is 16.2. The summed E-state index contributed by atoms with van der Waals surface area (Å²) < 4.78 is 0. The SMILES string of the molecule is C/C=C/NNC(C)=O. The lowest BCUT2D eigenvalue weighted by atomic mass is 10.7. The minimum Gasteiger partial charge on any atom is -0.306 e. The van der Waals surface area contributed by atoms with Crippen LogP contribution in [0.4, 0.5) is 0 Å². The van der Waals surface area contributed by atoms with Crippen molar-refractivity contribution in [1.29, 1.82) is 0 Å². The van der Waals surface area contributed by atoms with E-state index in [4.69, 9.17) is 0 Å². The van der Waals surface area contributed by atoms with Crippen LogP contribution in [0.2, 0.25) is 0 Å². The molecule has 0 heterocycles. The zero-order valence-corrected chi connectivity index (χ0v) is 5.06. The van der Waals surface area contributed by atoms with Gasteiger partial charge >= 0.3 is 0 Å². The number of hydrogen-bond acceptors (Lipinski definition) is 2. The standard InChI is InChI=1S/C5H10N2O/c1-3-4-6-7-5(2)8/h3-4,6H,1-2H3,(H,7,8)/b4-3+. The molecular weight excluding hydrogens is 104 g/mol. The van der Waals surface area contributed by atoms with E-state index in [0.29, 0.717) is 0 Å². The lowest BCUT2D eigenvalue weighted by Gasteiger charge is -1.96. The number of carbonyl (C=O) groups excluding carboxylic acids is 1. The third-order valence-electron chi connectivity index (χ3n) is 0.498. The fourth-order valence-electron chi connectivity index (χ4n) is 0.227. The largest absolute Gasteiger partial charge is 0.306 e. The molecule has 0 aliphatic rings. The first-order valence-corrected chi connectivity index (χ1v) is 2.40. The van der Waals surface area contributed by atoms with Crippen LogP contribution in [0, 0.1) is 0 Å². The molecule has 3 nitrogen and oxygen atoms in total. The molecule has 0 bridgehead atoms. The zero-order valence-electron chi connectivity index (χ0n) is 5.06. The van der Waals surface area contributed by atoms with Crippen molar-refractivity contribution in [3.05, 3.63) is 12.3 Å². The second-order valence-electron chi connectivity index (χ2n) is 1.33. The van der Waals surface area contributed by atoms with Crippen LogP contribution in [0.1, 0.15) is 13.8 Å². The van der Waals surface area contributed by atoms with Crippen LogP contribution in [-0.2, 0) is 4.79 Å². The molecule has 0 aliphatic carbocycles. The highest BCUT2D eigenvalue weighted by molar-refractivity contribution is 5.72. The molecule has 0 saturated heterocycles. The molecule has 1 amide bonds. The summed E-state index contributed by atoms with van der Waals surface area (Å²) in [6.07, 6.45) is 3.43. The topological polar surface area (TPSA) is 41.1 Å². The Morgan fingerprint density at radius 1 is 1.62 bits per heavy atom. The normalized spacial score (nSPS) is 9.25. The average Bonchev–Trinajstić information content (AvgIpc) is 1.66. The first kappa shape index (κ1) is 7.01. The van der Waals surface area contributed by atoms with Crippen molar-refractivity contribution in [1.82, 2.24) is 10.9 Å². The summed E-state index contributed by atoms with van der Waals surface area (Å²) in [7, 11) is 0. The Morgan fingerprint density at radius 3 is 2.62 bits per heavy atom. The van der Waals surface area contributed by atoms with E-state index in [2.05, 4.69) is 10.9 Å². The third-order valence-corrected chi connectivity index (χ3v) is 0.498. The first-order valence-electron chi connectivity index (χ1n) is 2.40. The molecule has 2 N–H and O–H groups in total. The Bertz CT molecular complexity index is 98.6. The monoisotopic (exact) mass is 114 g/mol. The van der Waals surface area contributed by atoms with Crippen LogP contribution in [0.25, 0.3) is 0 Å². The maximum atomic E-state index is 10.1. The summed E-state index contributed by atoms with van der Waals surface area (Å²) in [4.78, 5) is 10.1. The first-order chi connectivity index (χ1) is 3.77. The van der Waals surface area contributed by atoms with Gasteiger partial charge in [-0.3, -0.25) is 10.2 Å². The third kappa shape index (κ3) is 5.01. The number of carbonyl (C=O) groups is 1. The van der Waals surface area contributed by atoms with Crippen molar-refractivity contribution >= 4 is 5.91 Å². The molecule has 0 radical (unpaired) electrons.